The molecule has 0 saturated carbocycles. The third kappa shape index (κ3) is 3.59. The first-order valence-corrected chi connectivity index (χ1v) is 6.65. The van der Waals surface area contributed by atoms with Gasteiger partial charge in [-0.05, 0) is 22.4 Å². The summed E-state index contributed by atoms with van der Waals surface area (Å²) in [6.45, 7) is 1.51. The highest BCUT2D eigenvalue weighted by molar-refractivity contribution is 7.07. The van der Waals surface area contributed by atoms with Crippen molar-refractivity contribution >= 4 is 17.3 Å². The molecule has 0 atom stereocenters. The minimum absolute atomic E-state index is 0.719. The molecule has 0 radical (unpaired) electrons. The normalized spacial score (nSPS) is 11.6. The summed E-state index contributed by atoms with van der Waals surface area (Å²) >= 11 is 1.70. The Morgan fingerprint density at radius 2 is 2.17 bits per heavy atom. The highest BCUT2D eigenvalue weighted by Gasteiger charge is 2.00. The van der Waals surface area contributed by atoms with Crippen LogP contribution in [0.1, 0.15) is 11.1 Å². The van der Waals surface area contributed by atoms with Crippen LogP contribution in [0.15, 0.2) is 34.2 Å². The van der Waals surface area contributed by atoms with Crippen molar-refractivity contribution < 1.29 is 0 Å². The Kier molecular flexibility index (Phi) is 4.35. The van der Waals surface area contributed by atoms with Crippen molar-refractivity contribution in [1.29, 1.82) is 0 Å². The number of aryl methyl sites for hydroxylation is 1. The molecule has 0 aromatic carbocycles. The lowest BCUT2D eigenvalue weighted by molar-refractivity contribution is 0.765. The zero-order valence-corrected chi connectivity index (χ0v) is 11.4. The summed E-state index contributed by atoms with van der Waals surface area (Å²) in [4.78, 5) is 4.18. The third-order valence-corrected chi connectivity index (χ3v) is 3.21. The maximum Gasteiger partial charge on any atom is 0.191 e. The monoisotopic (exact) mass is 263 g/mol. The van der Waals surface area contributed by atoms with Crippen molar-refractivity contribution in [2.24, 2.45) is 12.0 Å². The summed E-state index contributed by atoms with van der Waals surface area (Å²) in [5, 5.41) is 14.8. The molecule has 0 unspecified atom stereocenters. The molecular weight excluding hydrogens is 246 g/mol. The van der Waals surface area contributed by atoms with E-state index in [1.807, 2.05) is 19.4 Å². The van der Waals surface area contributed by atoms with Crippen LogP contribution in [-0.2, 0) is 20.1 Å². The number of nitrogens with one attached hydrogen (secondary N) is 2. The van der Waals surface area contributed by atoms with E-state index in [2.05, 4.69) is 37.6 Å². The molecule has 0 bridgehead atoms. The van der Waals surface area contributed by atoms with E-state index in [4.69, 9.17) is 0 Å². The number of hydrogen-bond donors (Lipinski definition) is 2. The van der Waals surface area contributed by atoms with Crippen molar-refractivity contribution in [1.82, 2.24) is 20.4 Å². The Morgan fingerprint density at radius 3 is 2.72 bits per heavy atom. The van der Waals surface area contributed by atoms with E-state index < -0.39 is 0 Å². The molecule has 2 heterocycles. The third-order valence-electron chi connectivity index (χ3n) is 2.48. The maximum absolute atomic E-state index is 4.18. The zero-order valence-electron chi connectivity index (χ0n) is 10.6. The highest BCUT2D eigenvalue weighted by Crippen LogP contribution is 2.04. The van der Waals surface area contributed by atoms with Gasteiger partial charge in [-0.2, -0.15) is 16.4 Å². The fourth-order valence-electron chi connectivity index (χ4n) is 1.55. The van der Waals surface area contributed by atoms with Gasteiger partial charge in [0.05, 0.1) is 6.20 Å². The van der Waals surface area contributed by atoms with Crippen LogP contribution in [0.4, 0.5) is 0 Å². The second-order valence-electron chi connectivity index (χ2n) is 3.93. The minimum Gasteiger partial charge on any atom is -0.352 e. The number of guanidine groups is 1. The molecule has 2 rings (SSSR count). The van der Waals surface area contributed by atoms with Crippen molar-refractivity contribution in [2.45, 2.75) is 13.1 Å². The predicted octanol–water partition coefficient (Wildman–Crippen LogP) is 1.35. The maximum atomic E-state index is 4.18. The molecule has 18 heavy (non-hydrogen) atoms. The molecule has 2 N–H and O–H groups in total. The van der Waals surface area contributed by atoms with E-state index in [9.17, 15) is 0 Å². The second-order valence-corrected chi connectivity index (χ2v) is 4.71. The second kappa shape index (κ2) is 6.20. The largest absolute Gasteiger partial charge is 0.352 e. The highest BCUT2D eigenvalue weighted by atomic mass is 32.1. The number of nitrogens with zero attached hydrogens (tertiary/aromatic N) is 3. The van der Waals surface area contributed by atoms with E-state index in [-0.39, 0.29) is 0 Å². The molecule has 0 spiro atoms. The summed E-state index contributed by atoms with van der Waals surface area (Å²) in [5.74, 6) is 0.796. The van der Waals surface area contributed by atoms with Crippen LogP contribution in [-0.4, -0.2) is 22.8 Å². The molecule has 0 aliphatic carbocycles. The number of rotatable bonds is 4. The first kappa shape index (κ1) is 12.6. The molecule has 0 fully saturated rings. The Morgan fingerprint density at radius 1 is 1.39 bits per heavy atom. The van der Waals surface area contributed by atoms with Gasteiger partial charge in [0.25, 0.3) is 0 Å². The van der Waals surface area contributed by atoms with Gasteiger partial charge < -0.3 is 10.6 Å². The van der Waals surface area contributed by atoms with Crippen molar-refractivity contribution in [3.63, 3.8) is 0 Å². The number of aromatic nitrogens is 2. The lowest BCUT2D eigenvalue weighted by atomic mass is 10.3. The topological polar surface area (TPSA) is 54.2 Å². The first-order chi connectivity index (χ1) is 8.78. The van der Waals surface area contributed by atoms with Gasteiger partial charge >= 0.3 is 0 Å². The summed E-state index contributed by atoms with van der Waals surface area (Å²) in [7, 11) is 3.68. The van der Waals surface area contributed by atoms with Gasteiger partial charge in [0.2, 0.25) is 0 Å². The van der Waals surface area contributed by atoms with Gasteiger partial charge in [0.15, 0.2) is 5.96 Å². The lowest BCUT2D eigenvalue weighted by Crippen LogP contribution is -2.36. The fourth-order valence-corrected chi connectivity index (χ4v) is 2.22. The Bertz CT molecular complexity index is 500. The van der Waals surface area contributed by atoms with Crippen molar-refractivity contribution in [3.8, 4) is 0 Å². The molecule has 0 aliphatic heterocycles. The van der Waals surface area contributed by atoms with Crippen molar-refractivity contribution in [2.75, 3.05) is 7.05 Å². The summed E-state index contributed by atoms with van der Waals surface area (Å²) in [6.07, 6.45) is 3.83. The summed E-state index contributed by atoms with van der Waals surface area (Å²) < 4.78 is 1.79. The van der Waals surface area contributed by atoms with Gasteiger partial charge in [-0.25, -0.2) is 0 Å². The van der Waals surface area contributed by atoms with Crippen molar-refractivity contribution in [3.05, 3.63) is 40.3 Å². The molecule has 5 nitrogen and oxygen atoms in total. The molecule has 2 aromatic heterocycles. The number of thiophene rings is 1. The quantitative estimate of drug-likeness (QED) is 0.646. The Labute approximate surface area is 111 Å². The van der Waals surface area contributed by atoms with Gasteiger partial charge in [0, 0.05) is 38.9 Å². The molecule has 2 aromatic rings. The molecule has 0 saturated heterocycles. The van der Waals surface area contributed by atoms with Gasteiger partial charge in [0.1, 0.15) is 0 Å². The standard InChI is InChI=1S/C12H17N5S/c1-13-12(14-5-10-3-4-18-9-10)15-6-11-7-16-17(2)8-11/h3-4,7-9H,5-6H2,1-2H3,(H2,13,14,15). The number of hydrogen-bond acceptors (Lipinski definition) is 3. The van der Waals surface area contributed by atoms with E-state index in [1.165, 1.54) is 5.56 Å². The molecule has 96 valence electrons. The van der Waals surface area contributed by atoms with Crippen LogP contribution in [0.25, 0.3) is 0 Å². The molecule has 0 aliphatic rings. The Balaban J connectivity index is 1.79. The predicted molar refractivity (Wildman–Crippen MR) is 74.6 cm³/mol. The lowest BCUT2D eigenvalue weighted by Gasteiger charge is -2.10. The minimum atomic E-state index is 0.719. The van der Waals surface area contributed by atoms with Crippen LogP contribution in [0.5, 0.6) is 0 Å². The summed E-state index contributed by atoms with van der Waals surface area (Å²) in [5.41, 5.74) is 2.40. The van der Waals surface area contributed by atoms with Crippen LogP contribution in [0.2, 0.25) is 0 Å². The van der Waals surface area contributed by atoms with Crippen LogP contribution < -0.4 is 10.6 Å². The average molecular weight is 263 g/mol. The Hall–Kier alpha value is -1.82. The zero-order chi connectivity index (χ0) is 12.8. The van der Waals surface area contributed by atoms with Crippen LogP contribution >= 0.6 is 11.3 Å². The van der Waals surface area contributed by atoms with Gasteiger partial charge in [-0.15, -0.1) is 0 Å². The average Bonchev–Trinajstić information content (AvgIpc) is 3.01. The summed E-state index contributed by atoms with van der Waals surface area (Å²) in [6, 6.07) is 2.10. The van der Waals surface area contributed by atoms with Crippen LogP contribution in [0, 0.1) is 0 Å². The van der Waals surface area contributed by atoms with E-state index in [0.29, 0.717) is 0 Å². The van der Waals surface area contributed by atoms with Crippen LogP contribution in [0.3, 0.4) is 0 Å². The van der Waals surface area contributed by atoms with E-state index in [0.717, 1.165) is 24.6 Å². The van der Waals surface area contributed by atoms with Gasteiger partial charge in [-0.1, -0.05) is 0 Å². The van der Waals surface area contributed by atoms with Gasteiger partial charge in [-0.3, -0.25) is 9.67 Å². The number of aliphatic imine (C=N–C) groups is 1. The molecule has 6 heteroatoms. The van der Waals surface area contributed by atoms with E-state index >= 15 is 0 Å². The molecular formula is C12H17N5S. The SMILES string of the molecule is CN=C(NCc1ccsc1)NCc1cnn(C)c1. The fraction of sp³-hybridized carbons (Fsp3) is 0.333. The first-order valence-electron chi connectivity index (χ1n) is 5.71. The molecule has 0 amide bonds. The smallest absolute Gasteiger partial charge is 0.191 e. The van der Waals surface area contributed by atoms with E-state index in [1.54, 1.807) is 23.1 Å².